The van der Waals surface area contributed by atoms with E-state index in [0.29, 0.717) is 6.42 Å². The Kier molecular flexibility index (Phi) is 3.99. The van der Waals surface area contributed by atoms with Crippen LogP contribution in [0.25, 0.3) is 0 Å². The quantitative estimate of drug-likeness (QED) is 0.816. The first-order chi connectivity index (χ1) is 8.70. The number of carbonyl (C=O) groups excluding carboxylic acids is 1. The van der Waals surface area contributed by atoms with E-state index in [9.17, 15) is 10.1 Å². The number of rotatable bonds is 3. The van der Waals surface area contributed by atoms with Crippen LogP contribution in [0.3, 0.4) is 0 Å². The molecule has 0 saturated carbocycles. The fourth-order valence-corrected chi connectivity index (χ4v) is 2.31. The van der Waals surface area contributed by atoms with Crippen molar-refractivity contribution in [3.8, 4) is 6.07 Å². The Labute approximate surface area is 108 Å². The lowest BCUT2D eigenvalue weighted by Gasteiger charge is -2.18. The van der Waals surface area contributed by atoms with E-state index in [1.165, 1.54) is 5.56 Å². The summed E-state index contributed by atoms with van der Waals surface area (Å²) >= 11 is 0. The maximum atomic E-state index is 12.2. The highest BCUT2D eigenvalue weighted by atomic mass is 16.2. The first-order valence-corrected chi connectivity index (χ1v) is 6.44. The third-order valence-corrected chi connectivity index (χ3v) is 3.43. The number of likely N-dealkylation sites (tertiary alicyclic amines) is 1. The molecule has 0 aliphatic carbocycles. The number of aryl methyl sites for hydroxylation is 1. The van der Waals surface area contributed by atoms with Crippen LogP contribution < -0.4 is 0 Å². The molecule has 1 aliphatic heterocycles. The molecule has 1 aromatic carbocycles. The molecule has 1 aromatic rings. The summed E-state index contributed by atoms with van der Waals surface area (Å²) in [5.41, 5.74) is 2.25. The van der Waals surface area contributed by atoms with Crippen molar-refractivity contribution >= 4 is 5.91 Å². The van der Waals surface area contributed by atoms with E-state index in [1.54, 1.807) is 0 Å². The molecule has 3 nitrogen and oxygen atoms in total. The van der Waals surface area contributed by atoms with Gasteiger partial charge in [-0.15, -0.1) is 0 Å². The molecule has 3 heteroatoms. The number of hydrogen-bond acceptors (Lipinski definition) is 2. The molecule has 1 atom stereocenters. The van der Waals surface area contributed by atoms with E-state index in [4.69, 9.17) is 0 Å². The van der Waals surface area contributed by atoms with Gasteiger partial charge in [-0.05, 0) is 31.7 Å². The third-order valence-electron chi connectivity index (χ3n) is 3.43. The molecule has 1 amide bonds. The van der Waals surface area contributed by atoms with Crippen LogP contribution in [-0.2, 0) is 11.2 Å². The molecule has 0 aromatic heterocycles. The second-order valence-corrected chi connectivity index (χ2v) is 4.90. The molecular weight excluding hydrogens is 224 g/mol. The van der Waals surface area contributed by atoms with Gasteiger partial charge in [-0.1, -0.05) is 29.8 Å². The van der Waals surface area contributed by atoms with Gasteiger partial charge in [0, 0.05) is 13.1 Å². The average Bonchev–Trinajstić information content (AvgIpc) is 2.91. The smallest absolute Gasteiger partial charge is 0.240 e. The zero-order valence-electron chi connectivity index (χ0n) is 10.7. The van der Waals surface area contributed by atoms with Crippen LogP contribution in [0.15, 0.2) is 24.3 Å². The van der Waals surface area contributed by atoms with Crippen LogP contribution in [-0.4, -0.2) is 23.9 Å². The zero-order chi connectivity index (χ0) is 13.0. The summed E-state index contributed by atoms with van der Waals surface area (Å²) in [4.78, 5) is 14.0. The average molecular weight is 242 g/mol. The van der Waals surface area contributed by atoms with Gasteiger partial charge >= 0.3 is 0 Å². The van der Waals surface area contributed by atoms with Gasteiger partial charge in [0.2, 0.25) is 5.91 Å². The van der Waals surface area contributed by atoms with Gasteiger partial charge in [-0.2, -0.15) is 5.26 Å². The van der Waals surface area contributed by atoms with Crippen molar-refractivity contribution in [1.29, 1.82) is 5.26 Å². The molecule has 0 spiro atoms. The van der Waals surface area contributed by atoms with Crippen LogP contribution in [0.4, 0.5) is 0 Å². The largest absolute Gasteiger partial charge is 0.342 e. The summed E-state index contributed by atoms with van der Waals surface area (Å²) in [5.74, 6) is -0.540. The van der Waals surface area contributed by atoms with Gasteiger partial charge in [-0.3, -0.25) is 4.79 Å². The second kappa shape index (κ2) is 5.68. The summed E-state index contributed by atoms with van der Waals surface area (Å²) < 4.78 is 0. The van der Waals surface area contributed by atoms with E-state index >= 15 is 0 Å². The molecule has 0 bridgehead atoms. The van der Waals surface area contributed by atoms with Crippen LogP contribution in [0, 0.1) is 24.2 Å². The highest BCUT2D eigenvalue weighted by Crippen LogP contribution is 2.16. The minimum atomic E-state index is -0.536. The Morgan fingerprint density at radius 3 is 2.50 bits per heavy atom. The lowest BCUT2D eigenvalue weighted by molar-refractivity contribution is -0.132. The van der Waals surface area contributed by atoms with E-state index in [2.05, 4.69) is 6.07 Å². The molecule has 0 N–H and O–H groups in total. The minimum absolute atomic E-state index is 0.00410. The molecular formula is C15H18N2O. The lowest BCUT2D eigenvalue weighted by Crippen LogP contribution is -2.34. The monoisotopic (exact) mass is 242 g/mol. The highest BCUT2D eigenvalue weighted by molar-refractivity contribution is 5.81. The molecule has 1 saturated heterocycles. The Balaban J connectivity index is 2.03. The number of nitrogens with zero attached hydrogens (tertiary/aromatic N) is 2. The van der Waals surface area contributed by atoms with Crippen LogP contribution in [0.2, 0.25) is 0 Å². The normalized spacial score (nSPS) is 16.3. The van der Waals surface area contributed by atoms with Crippen LogP contribution in [0.5, 0.6) is 0 Å². The Hall–Kier alpha value is -1.82. The van der Waals surface area contributed by atoms with Gasteiger partial charge in [0.25, 0.3) is 0 Å². The maximum Gasteiger partial charge on any atom is 0.240 e. The molecule has 0 radical (unpaired) electrons. The Morgan fingerprint density at radius 1 is 1.33 bits per heavy atom. The first kappa shape index (κ1) is 12.6. The molecule has 2 rings (SSSR count). The van der Waals surface area contributed by atoms with Crippen molar-refractivity contribution in [3.63, 3.8) is 0 Å². The standard InChI is InChI=1S/C15H18N2O/c1-12-4-6-13(7-5-12)10-14(11-16)15(18)17-8-2-3-9-17/h4-7,14H,2-3,8-10H2,1H3. The number of benzene rings is 1. The molecule has 94 valence electrons. The molecule has 1 aliphatic rings. The van der Waals surface area contributed by atoms with Crippen molar-refractivity contribution in [1.82, 2.24) is 4.90 Å². The highest BCUT2D eigenvalue weighted by Gasteiger charge is 2.26. The van der Waals surface area contributed by atoms with Crippen molar-refractivity contribution in [2.24, 2.45) is 5.92 Å². The first-order valence-electron chi connectivity index (χ1n) is 6.44. The number of nitriles is 1. The lowest BCUT2D eigenvalue weighted by atomic mass is 9.98. The van der Waals surface area contributed by atoms with Crippen molar-refractivity contribution in [2.45, 2.75) is 26.2 Å². The third kappa shape index (κ3) is 2.89. The predicted molar refractivity (Wildman–Crippen MR) is 69.8 cm³/mol. The Bertz CT molecular complexity index is 452. The zero-order valence-corrected chi connectivity index (χ0v) is 10.7. The predicted octanol–water partition coefficient (Wildman–Crippen LogP) is 2.30. The van der Waals surface area contributed by atoms with Crippen molar-refractivity contribution in [2.75, 3.05) is 13.1 Å². The number of carbonyl (C=O) groups is 1. The van der Waals surface area contributed by atoms with Crippen molar-refractivity contribution < 1.29 is 4.79 Å². The molecule has 1 heterocycles. The minimum Gasteiger partial charge on any atom is -0.342 e. The van der Waals surface area contributed by atoms with Crippen molar-refractivity contribution in [3.05, 3.63) is 35.4 Å². The summed E-state index contributed by atoms with van der Waals surface area (Å²) in [5, 5.41) is 9.18. The maximum absolute atomic E-state index is 12.2. The van der Waals surface area contributed by atoms with Gasteiger partial charge in [-0.25, -0.2) is 0 Å². The molecule has 1 fully saturated rings. The summed E-state index contributed by atoms with van der Waals surface area (Å²) in [6, 6.07) is 10.2. The van der Waals surface area contributed by atoms with Crippen LogP contribution >= 0.6 is 0 Å². The van der Waals surface area contributed by atoms with E-state index in [1.807, 2.05) is 36.1 Å². The summed E-state index contributed by atoms with van der Waals surface area (Å²) in [6.07, 6.45) is 2.65. The second-order valence-electron chi connectivity index (χ2n) is 4.90. The van der Waals surface area contributed by atoms with Gasteiger partial charge in [0.1, 0.15) is 5.92 Å². The van der Waals surface area contributed by atoms with E-state index < -0.39 is 5.92 Å². The topological polar surface area (TPSA) is 44.1 Å². The van der Waals surface area contributed by atoms with E-state index in [-0.39, 0.29) is 5.91 Å². The summed E-state index contributed by atoms with van der Waals surface area (Å²) in [7, 11) is 0. The van der Waals surface area contributed by atoms with Gasteiger partial charge in [0.05, 0.1) is 6.07 Å². The van der Waals surface area contributed by atoms with Gasteiger partial charge < -0.3 is 4.90 Å². The SMILES string of the molecule is Cc1ccc(CC(C#N)C(=O)N2CCCC2)cc1. The molecule has 18 heavy (non-hydrogen) atoms. The van der Waals surface area contributed by atoms with Crippen LogP contribution in [0.1, 0.15) is 24.0 Å². The summed E-state index contributed by atoms with van der Waals surface area (Å²) in [6.45, 7) is 3.65. The molecule has 1 unspecified atom stereocenters. The number of hydrogen-bond donors (Lipinski definition) is 0. The fourth-order valence-electron chi connectivity index (χ4n) is 2.31. The fraction of sp³-hybridized carbons (Fsp3) is 0.467. The van der Waals surface area contributed by atoms with E-state index in [0.717, 1.165) is 31.5 Å². The Morgan fingerprint density at radius 2 is 1.94 bits per heavy atom. The number of amides is 1. The van der Waals surface area contributed by atoms with Gasteiger partial charge in [0.15, 0.2) is 0 Å².